The zero-order valence-corrected chi connectivity index (χ0v) is 12.3. The van der Waals surface area contributed by atoms with E-state index in [4.69, 9.17) is 10.4 Å². The number of rotatable bonds is 6. The Morgan fingerprint density at radius 1 is 1.30 bits per heavy atom. The summed E-state index contributed by atoms with van der Waals surface area (Å²) in [6, 6.07) is 4.64. The molecule has 0 saturated carbocycles. The van der Waals surface area contributed by atoms with E-state index < -0.39 is 15.8 Å². The van der Waals surface area contributed by atoms with Crippen LogP contribution in [-0.4, -0.2) is 25.2 Å². The Balaban J connectivity index is 3.11. The highest BCUT2D eigenvalue weighted by atomic mass is 32.2. The van der Waals surface area contributed by atoms with Crippen molar-refractivity contribution in [2.75, 3.05) is 5.75 Å². The van der Waals surface area contributed by atoms with Crippen molar-refractivity contribution in [3.8, 4) is 6.07 Å². The third-order valence-corrected chi connectivity index (χ3v) is 5.07. The summed E-state index contributed by atoms with van der Waals surface area (Å²) in [5.74, 6) is -1.22. The van der Waals surface area contributed by atoms with Crippen molar-refractivity contribution in [1.29, 1.82) is 5.26 Å². The van der Waals surface area contributed by atoms with Gasteiger partial charge in [0.2, 0.25) is 0 Å². The van der Waals surface area contributed by atoms with Crippen molar-refractivity contribution < 1.29 is 18.3 Å². The largest absolute Gasteiger partial charge is 0.478 e. The number of aryl methyl sites for hydroxylation is 1. The second kappa shape index (κ2) is 6.53. The second-order valence-corrected chi connectivity index (χ2v) is 6.73. The first kappa shape index (κ1) is 16.2. The van der Waals surface area contributed by atoms with Gasteiger partial charge in [0, 0.05) is 6.42 Å². The number of carboxylic acid groups (broad SMARTS) is 1. The first-order chi connectivity index (χ1) is 9.29. The number of carboxylic acids is 1. The van der Waals surface area contributed by atoms with Crippen molar-refractivity contribution >= 4 is 15.8 Å². The first-order valence-electron chi connectivity index (χ1n) is 6.24. The maximum Gasteiger partial charge on any atom is 0.335 e. The standard InChI is InChI=1S/C14H17NO4S/c1-10-8-12(14(16)17)9-13(11(10)2)20(18,19)7-5-3-4-6-15/h8-9H,3-5,7H2,1-2H3,(H,16,17). The van der Waals surface area contributed by atoms with Gasteiger partial charge in [0.25, 0.3) is 0 Å². The lowest BCUT2D eigenvalue weighted by Crippen LogP contribution is -2.11. The van der Waals surface area contributed by atoms with E-state index in [1.807, 2.05) is 6.07 Å². The maximum absolute atomic E-state index is 12.3. The molecule has 0 saturated heterocycles. The fourth-order valence-electron chi connectivity index (χ4n) is 1.88. The third-order valence-electron chi connectivity index (χ3n) is 3.15. The Hall–Kier alpha value is -1.87. The number of benzene rings is 1. The Morgan fingerprint density at radius 3 is 2.50 bits per heavy atom. The van der Waals surface area contributed by atoms with Crippen molar-refractivity contribution in [3.05, 3.63) is 28.8 Å². The summed E-state index contributed by atoms with van der Waals surface area (Å²) in [6.45, 7) is 3.36. The minimum absolute atomic E-state index is 0.0244. The number of aromatic carboxylic acids is 1. The fourth-order valence-corrected chi connectivity index (χ4v) is 3.62. The molecule has 0 unspecified atom stereocenters. The Labute approximate surface area is 118 Å². The molecule has 0 amide bonds. The van der Waals surface area contributed by atoms with E-state index in [-0.39, 0.29) is 16.2 Å². The van der Waals surface area contributed by atoms with Crippen LogP contribution < -0.4 is 0 Å². The van der Waals surface area contributed by atoms with E-state index in [0.29, 0.717) is 30.4 Å². The third kappa shape index (κ3) is 3.81. The van der Waals surface area contributed by atoms with Crippen molar-refractivity contribution in [1.82, 2.24) is 0 Å². The van der Waals surface area contributed by atoms with E-state index in [9.17, 15) is 13.2 Å². The summed E-state index contributed by atoms with van der Waals surface area (Å²) >= 11 is 0. The van der Waals surface area contributed by atoms with Gasteiger partial charge in [0.05, 0.1) is 22.3 Å². The zero-order valence-electron chi connectivity index (χ0n) is 11.5. The summed E-state index contributed by atoms with van der Waals surface area (Å²) in [4.78, 5) is 11.1. The topological polar surface area (TPSA) is 95.2 Å². The van der Waals surface area contributed by atoms with Gasteiger partial charge in [-0.2, -0.15) is 5.26 Å². The van der Waals surface area contributed by atoms with Crippen LogP contribution in [0.15, 0.2) is 17.0 Å². The molecule has 20 heavy (non-hydrogen) atoms. The molecule has 0 aliphatic heterocycles. The maximum atomic E-state index is 12.3. The van der Waals surface area contributed by atoms with Gasteiger partial charge in [0.1, 0.15) is 0 Å². The van der Waals surface area contributed by atoms with Gasteiger partial charge in [0.15, 0.2) is 9.84 Å². The normalized spacial score (nSPS) is 11.1. The Bertz CT molecular complexity index is 656. The van der Waals surface area contributed by atoms with Crippen LogP contribution in [-0.2, 0) is 9.84 Å². The van der Waals surface area contributed by atoms with Gasteiger partial charge in [-0.05, 0) is 49.9 Å². The summed E-state index contributed by atoms with van der Waals surface area (Å²) in [5.41, 5.74) is 1.19. The molecule has 0 atom stereocenters. The van der Waals surface area contributed by atoms with E-state index in [1.54, 1.807) is 13.8 Å². The summed E-state index contributed by atoms with van der Waals surface area (Å²) in [5, 5.41) is 17.4. The van der Waals surface area contributed by atoms with Gasteiger partial charge in [-0.15, -0.1) is 0 Å². The lowest BCUT2D eigenvalue weighted by molar-refractivity contribution is 0.0696. The average molecular weight is 295 g/mol. The molecule has 0 aromatic heterocycles. The number of sulfone groups is 1. The fraction of sp³-hybridized carbons (Fsp3) is 0.429. The minimum Gasteiger partial charge on any atom is -0.478 e. The molecular weight excluding hydrogens is 278 g/mol. The van der Waals surface area contributed by atoms with Crippen LogP contribution in [0.5, 0.6) is 0 Å². The molecule has 0 fully saturated rings. The molecule has 6 heteroatoms. The second-order valence-electron chi connectivity index (χ2n) is 4.66. The smallest absolute Gasteiger partial charge is 0.335 e. The monoisotopic (exact) mass is 295 g/mol. The molecule has 1 N–H and O–H groups in total. The molecule has 0 heterocycles. The Kier molecular flexibility index (Phi) is 5.28. The van der Waals surface area contributed by atoms with Gasteiger partial charge in [-0.3, -0.25) is 0 Å². The molecule has 108 valence electrons. The van der Waals surface area contributed by atoms with E-state index >= 15 is 0 Å². The van der Waals surface area contributed by atoms with Crippen LogP contribution in [0.1, 0.15) is 40.7 Å². The number of carbonyl (C=O) groups is 1. The van der Waals surface area contributed by atoms with Crippen LogP contribution in [0.25, 0.3) is 0 Å². The molecule has 1 rings (SSSR count). The highest BCUT2D eigenvalue weighted by molar-refractivity contribution is 7.91. The molecule has 5 nitrogen and oxygen atoms in total. The van der Waals surface area contributed by atoms with Crippen molar-refractivity contribution in [2.24, 2.45) is 0 Å². The molecular formula is C14H17NO4S. The van der Waals surface area contributed by atoms with Crippen molar-refractivity contribution in [3.63, 3.8) is 0 Å². The number of nitrogens with zero attached hydrogens (tertiary/aromatic N) is 1. The lowest BCUT2D eigenvalue weighted by atomic mass is 10.1. The molecule has 1 aromatic carbocycles. The van der Waals surface area contributed by atoms with E-state index in [0.717, 1.165) is 0 Å². The number of unbranched alkanes of at least 4 members (excludes halogenated alkanes) is 2. The van der Waals surface area contributed by atoms with Gasteiger partial charge in [-0.1, -0.05) is 0 Å². The van der Waals surface area contributed by atoms with Crippen LogP contribution in [0.2, 0.25) is 0 Å². The predicted octanol–water partition coefficient (Wildman–Crippen LogP) is 2.47. The van der Waals surface area contributed by atoms with Crippen LogP contribution in [0.4, 0.5) is 0 Å². The molecule has 0 spiro atoms. The Morgan fingerprint density at radius 2 is 1.95 bits per heavy atom. The number of hydrogen-bond donors (Lipinski definition) is 1. The van der Waals surface area contributed by atoms with Gasteiger partial charge in [-0.25, -0.2) is 13.2 Å². The lowest BCUT2D eigenvalue weighted by Gasteiger charge is -2.11. The van der Waals surface area contributed by atoms with Gasteiger partial charge >= 0.3 is 5.97 Å². The summed E-state index contributed by atoms with van der Waals surface area (Å²) < 4.78 is 24.5. The molecule has 1 aromatic rings. The van der Waals surface area contributed by atoms with Crippen LogP contribution >= 0.6 is 0 Å². The quantitative estimate of drug-likeness (QED) is 0.813. The number of nitriles is 1. The average Bonchev–Trinajstić information content (AvgIpc) is 2.37. The molecule has 0 bridgehead atoms. The molecule has 0 radical (unpaired) electrons. The van der Waals surface area contributed by atoms with Crippen LogP contribution in [0, 0.1) is 25.2 Å². The summed E-state index contributed by atoms with van der Waals surface area (Å²) in [6.07, 6.45) is 1.24. The molecule has 0 aliphatic carbocycles. The first-order valence-corrected chi connectivity index (χ1v) is 7.89. The van der Waals surface area contributed by atoms with E-state index in [2.05, 4.69) is 0 Å². The highest BCUT2D eigenvalue weighted by Crippen LogP contribution is 2.23. The SMILES string of the molecule is Cc1cc(C(=O)O)cc(S(=O)(=O)CCCCC#N)c1C. The predicted molar refractivity (Wildman–Crippen MR) is 74.4 cm³/mol. The zero-order chi connectivity index (χ0) is 15.3. The minimum atomic E-state index is -3.52. The van der Waals surface area contributed by atoms with Crippen molar-refractivity contribution in [2.45, 2.75) is 38.0 Å². The number of hydrogen-bond acceptors (Lipinski definition) is 4. The highest BCUT2D eigenvalue weighted by Gasteiger charge is 2.20. The van der Waals surface area contributed by atoms with Crippen LogP contribution in [0.3, 0.4) is 0 Å². The van der Waals surface area contributed by atoms with Gasteiger partial charge < -0.3 is 5.11 Å². The van der Waals surface area contributed by atoms with E-state index in [1.165, 1.54) is 12.1 Å². The summed E-state index contributed by atoms with van der Waals surface area (Å²) in [7, 11) is -3.52. The molecule has 0 aliphatic rings.